The van der Waals surface area contributed by atoms with Gasteiger partial charge in [0.15, 0.2) is 0 Å². The van der Waals surface area contributed by atoms with E-state index in [-0.39, 0.29) is 5.41 Å². The Labute approximate surface area is 92.6 Å². The molecule has 0 amide bonds. The molecule has 0 aliphatic heterocycles. The molecule has 0 saturated heterocycles. The molecule has 0 fully saturated rings. The summed E-state index contributed by atoms with van der Waals surface area (Å²) in [7, 11) is 0. The second-order valence-corrected chi connectivity index (χ2v) is 4.82. The maximum Gasteiger partial charge on any atom is 0.0658 e. The van der Waals surface area contributed by atoms with Crippen molar-refractivity contribution < 1.29 is 0 Å². The third-order valence-electron chi connectivity index (χ3n) is 2.44. The Hall–Kier alpha value is -1.37. The summed E-state index contributed by atoms with van der Waals surface area (Å²) in [5, 5.41) is 0. The fourth-order valence-corrected chi connectivity index (χ4v) is 1.05. The van der Waals surface area contributed by atoms with E-state index in [1.165, 1.54) is 5.56 Å². The van der Waals surface area contributed by atoms with Crippen LogP contribution in [0.3, 0.4) is 0 Å². The molecule has 0 heterocycles. The molecule has 0 N–H and O–H groups in total. The summed E-state index contributed by atoms with van der Waals surface area (Å²) in [4.78, 5) is 4.45. The van der Waals surface area contributed by atoms with E-state index in [4.69, 9.17) is 0 Å². The molecule has 1 aromatic rings. The Bertz CT molecular complexity index is 381. The molecular weight excluding hydrogens is 182 g/mol. The van der Waals surface area contributed by atoms with Gasteiger partial charge < -0.3 is 0 Å². The van der Waals surface area contributed by atoms with Gasteiger partial charge in [-0.15, -0.1) is 0 Å². The molecule has 0 aliphatic rings. The van der Waals surface area contributed by atoms with Gasteiger partial charge in [-0.1, -0.05) is 45.5 Å². The lowest BCUT2D eigenvalue weighted by Gasteiger charge is -2.17. The van der Waals surface area contributed by atoms with Gasteiger partial charge in [-0.2, -0.15) is 0 Å². The highest BCUT2D eigenvalue weighted by atomic mass is 14.7. The second kappa shape index (κ2) is 4.43. The van der Waals surface area contributed by atoms with Gasteiger partial charge >= 0.3 is 0 Å². The van der Waals surface area contributed by atoms with Gasteiger partial charge in [0.1, 0.15) is 0 Å². The van der Waals surface area contributed by atoms with Crippen LogP contribution in [0.5, 0.6) is 0 Å². The van der Waals surface area contributed by atoms with E-state index in [9.17, 15) is 0 Å². The maximum atomic E-state index is 4.45. The predicted octanol–water partition coefficient (Wildman–Crippen LogP) is 4.30. The molecule has 15 heavy (non-hydrogen) atoms. The van der Waals surface area contributed by atoms with Gasteiger partial charge in [0.25, 0.3) is 0 Å². The van der Waals surface area contributed by atoms with Crippen molar-refractivity contribution in [2.24, 2.45) is 10.4 Å². The zero-order valence-corrected chi connectivity index (χ0v) is 10.0. The van der Waals surface area contributed by atoms with Crippen molar-refractivity contribution in [1.29, 1.82) is 0 Å². The van der Waals surface area contributed by atoms with E-state index in [1.807, 2.05) is 24.4 Å². The van der Waals surface area contributed by atoms with Crippen LogP contribution in [0.2, 0.25) is 0 Å². The lowest BCUT2D eigenvalue weighted by molar-refractivity contribution is 0.528. The number of nitrogens with zero attached hydrogens (tertiary/aromatic N) is 1. The largest absolute Gasteiger partial charge is 0.256 e. The van der Waals surface area contributed by atoms with Crippen LogP contribution in [0.15, 0.2) is 41.4 Å². The van der Waals surface area contributed by atoms with Crippen molar-refractivity contribution in [2.75, 3.05) is 0 Å². The van der Waals surface area contributed by atoms with Gasteiger partial charge in [0.2, 0.25) is 0 Å². The molecule has 0 radical (unpaired) electrons. The molecule has 80 valence electrons. The minimum atomic E-state index is 0.0895. The van der Waals surface area contributed by atoms with Crippen molar-refractivity contribution >= 4 is 11.9 Å². The molecule has 0 bridgehead atoms. The predicted molar refractivity (Wildman–Crippen MR) is 67.9 cm³/mol. The molecule has 0 unspecified atom stereocenters. The first-order valence-corrected chi connectivity index (χ1v) is 5.20. The Balaban J connectivity index is 2.84. The Morgan fingerprint density at radius 2 is 1.87 bits per heavy atom. The monoisotopic (exact) mass is 201 g/mol. The molecule has 1 heteroatoms. The van der Waals surface area contributed by atoms with E-state index in [2.05, 4.69) is 45.3 Å². The summed E-state index contributed by atoms with van der Waals surface area (Å²) < 4.78 is 0. The topological polar surface area (TPSA) is 12.4 Å². The van der Waals surface area contributed by atoms with Crippen LogP contribution in [0.4, 0.5) is 5.69 Å². The Kier molecular flexibility index (Phi) is 3.46. The van der Waals surface area contributed by atoms with E-state index in [0.717, 1.165) is 11.3 Å². The Morgan fingerprint density at radius 3 is 2.40 bits per heavy atom. The number of para-hydroxylation sites is 1. The fraction of sp³-hybridized carbons (Fsp3) is 0.357. The van der Waals surface area contributed by atoms with E-state index in [1.54, 1.807) is 0 Å². The summed E-state index contributed by atoms with van der Waals surface area (Å²) in [5.74, 6) is 0. The smallest absolute Gasteiger partial charge is 0.0658 e. The Morgan fingerprint density at radius 1 is 1.27 bits per heavy atom. The minimum Gasteiger partial charge on any atom is -0.256 e. The molecule has 1 rings (SSSR count). The van der Waals surface area contributed by atoms with Crippen LogP contribution in [0, 0.1) is 12.3 Å². The lowest BCUT2D eigenvalue weighted by Crippen LogP contribution is -2.08. The molecule has 1 aromatic carbocycles. The summed E-state index contributed by atoms with van der Waals surface area (Å²) in [6, 6.07) is 8.10. The highest BCUT2D eigenvalue weighted by Gasteiger charge is 2.12. The average molecular weight is 201 g/mol. The number of hydrogen-bond donors (Lipinski definition) is 0. The van der Waals surface area contributed by atoms with Crippen molar-refractivity contribution in [3.05, 3.63) is 42.0 Å². The van der Waals surface area contributed by atoms with Crippen LogP contribution in [0.25, 0.3) is 0 Å². The second-order valence-electron chi connectivity index (χ2n) is 4.82. The van der Waals surface area contributed by atoms with Crippen LogP contribution in [-0.2, 0) is 0 Å². The number of aryl methyl sites for hydroxylation is 1. The number of rotatable bonds is 2. The molecular formula is C14H19N. The zero-order valence-electron chi connectivity index (χ0n) is 10.0. The highest BCUT2D eigenvalue weighted by Crippen LogP contribution is 2.23. The normalized spacial score (nSPS) is 12.0. The molecule has 0 atom stereocenters. The molecule has 1 nitrogen and oxygen atoms in total. The molecule has 0 spiro atoms. The number of hydrogen-bond acceptors (Lipinski definition) is 1. The zero-order chi connectivity index (χ0) is 11.5. The lowest BCUT2D eigenvalue weighted by atomic mass is 9.88. The average Bonchev–Trinajstić information content (AvgIpc) is 2.14. The summed E-state index contributed by atoms with van der Waals surface area (Å²) in [6.07, 6.45) is 1.86. The van der Waals surface area contributed by atoms with Gasteiger partial charge in [0.05, 0.1) is 5.69 Å². The van der Waals surface area contributed by atoms with Crippen molar-refractivity contribution in [3.63, 3.8) is 0 Å². The van der Waals surface area contributed by atoms with Crippen LogP contribution in [0.1, 0.15) is 26.3 Å². The third-order valence-corrected chi connectivity index (χ3v) is 2.44. The quantitative estimate of drug-likeness (QED) is 0.633. The molecule has 0 aromatic heterocycles. The van der Waals surface area contributed by atoms with Gasteiger partial charge in [-0.05, 0) is 29.5 Å². The minimum absolute atomic E-state index is 0.0895. The number of allylic oxidation sites excluding steroid dienone is 1. The van der Waals surface area contributed by atoms with Gasteiger partial charge in [-0.25, -0.2) is 0 Å². The first kappa shape index (κ1) is 11.7. The van der Waals surface area contributed by atoms with Crippen molar-refractivity contribution in [1.82, 2.24) is 0 Å². The first-order valence-electron chi connectivity index (χ1n) is 5.20. The summed E-state index contributed by atoms with van der Waals surface area (Å²) >= 11 is 0. The molecule has 0 aliphatic carbocycles. The van der Waals surface area contributed by atoms with Crippen molar-refractivity contribution in [3.8, 4) is 0 Å². The van der Waals surface area contributed by atoms with E-state index >= 15 is 0 Å². The first-order chi connectivity index (χ1) is 6.91. The van der Waals surface area contributed by atoms with Gasteiger partial charge in [-0.3, -0.25) is 4.99 Å². The van der Waals surface area contributed by atoms with Gasteiger partial charge in [0, 0.05) is 6.21 Å². The molecule has 0 saturated carbocycles. The van der Waals surface area contributed by atoms with E-state index < -0.39 is 0 Å². The summed E-state index contributed by atoms with van der Waals surface area (Å²) in [5.41, 5.74) is 3.34. The SMILES string of the molecule is C=C(/C=N\c1ccccc1C)C(C)(C)C. The summed E-state index contributed by atoms with van der Waals surface area (Å²) in [6.45, 7) is 12.5. The fourth-order valence-electron chi connectivity index (χ4n) is 1.05. The van der Waals surface area contributed by atoms with Crippen LogP contribution < -0.4 is 0 Å². The van der Waals surface area contributed by atoms with Crippen LogP contribution >= 0.6 is 0 Å². The van der Waals surface area contributed by atoms with Crippen LogP contribution in [-0.4, -0.2) is 6.21 Å². The number of aliphatic imine (C=N–C) groups is 1. The maximum absolute atomic E-state index is 4.45. The van der Waals surface area contributed by atoms with Crippen molar-refractivity contribution in [2.45, 2.75) is 27.7 Å². The third kappa shape index (κ3) is 3.35. The highest BCUT2D eigenvalue weighted by molar-refractivity contribution is 5.81. The standard InChI is InChI=1S/C14H19N/c1-11-8-6-7-9-13(11)15-10-12(2)14(3,4)5/h6-10H,2H2,1,3-5H3/b15-10-. The van der Waals surface area contributed by atoms with E-state index in [0.29, 0.717) is 0 Å². The number of benzene rings is 1.